The molecule has 0 aromatic heterocycles. The molecule has 2 rings (SSSR count). The third kappa shape index (κ3) is 2.80. The van der Waals surface area contributed by atoms with E-state index in [0.29, 0.717) is 5.41 Å². The average Bonchev–Trinajstić information content (AvgIpc) is 2.98. The van der Waals surface area contributed by atoms with Crippen molar-refractivity contribution in [2.24, 2.45) is 11.3 Å². The van der Waals surface area contributed by atoms with Gasteiger partial charge >= 0.3 is 0 Å². The molecule has 0 aromatic carbocycles. The molecule has 1 unspecified atom stereocenters. The number of hydrogen-bond acceptors (Lipinski definition) is 1. The molecule has 94 valence electrons. The topological polar surface area (TPSA) is 12.0 Å². The second kappa shape index (κ2) is 5.53. The third-order valence-corrected chi connectivity index (χ3v) is 5.32. The van der Waals surface area contributed by atoms with Crippen molar-refractivity contribution >= 4 is 0 Å². The van der Waals surface area contributed by atoms with Crippen LogP contribution in [0.1, 0.15) is 71.6 Å². The predicted molar refractivity (Wildman–Crippen MR) is 70.6 cm³/mol. The van der Waals surface area contributed by atoms with E-state index in [0.717, 1.165) is 12.0 Å². The highest BCUT2D eigenvalue weighted by Gasteiger charge is 2.32. The Morgan fingerprint density at radius 3 is 2.31 bits per heavy atom. The molecule has 1 atom stereocenters. The molecule has 0 aromatic rings. The Labute approximate surface area is 101 Å². The van der Waals surface area contributed by atoms with Crippen LogP contribution in [0.2, 0.25) is 0 Å². The molecule has 0 bridgehead atoms. The lowest BCUT2D eigenvalue weighted by atomic mass is 9.83. The van der Waals surface area contributed by atoms with E-state index in [2.05, 4.69) is 19.2 Å². The number of hydrogen-bond donors (Lipinski definition) is 1. The summed E-state index contributed by atoms with van der Waals surface area (Å²) in [5.41, 5.74) is 0.660. The van der Waals surface area contributed by atoms with Crippen LogP contribution in [0.25, 0.3) is 0 Å². The summed E-state index contributed by atoms with van der Waals surface area (Å²) in [6.07, 6.45) is 13.1. The van der Waals surface area contributed by atoms with E-state index in [-0.39, 0.29) is 0 Å². The van der Waals surface area contributed by atoms with Crippen molar-refractivity contribution < 1.29 is 0 Å². The van der Waals surface area contributed by atoms with Gasteiger partial charge in [0.25, 0.3) is 0 Å². The summed E-state index contributed by atoms with van der Waals surface area (Å²) in [4.78, 5) is 0. The summed E-state index contributed by atoms with van der Waals surface area (Å²) < 4.78 is 0. The Hall–Kier alpha value is -0.0400. The zero-order valence-electron chi connectivity index (χ0n) is 11.2. The predicted octanol–water partition coefficient (Wildman–Crippen LogP) is 4.13. The summed E-state index contributed by atoms with van der Waals surface area (Å²) >= 11 is 0. The molecule has 16 heavy (non-hydrogen) atoms. The van der Waals surface area contributed by atoms with Gasteiger partial charge < -0.3 is 5.32 Å². The van der Waals surface area contributed by atoms with E-state index in [9.17, 15) is 0 Å². The summed E-state index contributed by atoms with van der Waals surface area (Å²) in [6.45, 7) is 6.07. The normalized spacial score (nSPS) is 27.4. The minimum atomic E-state index is 0.660. The first kappa shape index (κ1) is 12.4. The molecule has 1 nitrogen and oxygen atoms in total. The fourth-order valence-electron chi connectivity index (χ4n) is 3.78. The van der Waals surface area contributed by atoms with Gasteiger partial charge in [0, 0.05) is 12.6 Å². The van der Waals surface area contributed by atoms with Crippen molar-refractivity contribution in [3.8, 4) is 0 Å². The van der Waals surface area contributed by atoms with Gasteiger partial charge in [-0.25, -0.2) is 0 Å². The van der Waals surface area contributed by atoms with Crippen LogP contribution >= 0.6 is 0 Å². The quantitative estimate of drug-likeness (QED) is 0.739. The fourth-order valence-corrected chi connectivity index (χ4v) is 3.78. The Morgan fingerprint density at radius 1 is 1.12 bits per heavy atom. The molecule has 2 fully saturated rings. The largest absolute Gasteiger partial charge is 0.313 e. The molecule has 2 aliphatic rings. The highest BCUT2D eigenvalue weighted by Crippen LogP contribution is 2.40. The van der Waals surface area contributed by atoms with Crippen molar-refractivity contribution in [3.05, 3.63) is 0 Å². The lowest BCUT2D eigenvalue weighted by Crippen LogP contribution is -2.40. The third-order valence-electron chi connectivity index (χ3n) is 5.32. The second-order valence-electron chi connectivity index (χ2n) is 6.27. The first-order chi connectivity index (χ1) is 7.76. The van der Waals surface area contributed by atoms with Crippen LogP contribution in [-0.2, 0) is 0 Å². The average molecular weight is 223 g/mol. The van der Waals surface area contributed by atoms with Gasteiger partial charge in [0.05, 0.1) is 0 Å². The molecule has 2 aliphatic carbocycles. The Kier molecular flexibility index (Phi) is 4.29. The summed E-state index contributed by atoms with van der Waals surface area (Å²) in [6, 6.07) is 0.756. The zero-order chi connectivity index (χ0) is 11.4. The monoisotopic (exact) mass is 223 g/mol. The van der Waals surface area contributed by atoms with Crippen LogP contribution in [0.5, 0.6) is 0 Å². The van der Waals surface area contributed by atoms with Crippen LogP contribution in [0.15, 0.2) is 0 Å². The highest BCUT2D eigenvalue weighted by atomic mass is 14.9. The van der Waals surface area contributed by atoms with Gasteiger partial charge in [-0.3, -0.25) is 0 Å². The van der Waals surface area contributed by atoms with Crippen molar-refractivity contribution in [1.82, 2.24) is 5.32 Å². The molecule has 0 radical (unpaired) electrons. The Bertz CT molecular complexity index is 199. The number of nitrogens with one attached hydrogen (secondary N) is 1. The van der Waals surface area contributed by atoms with E-state index < -0.39 is 0 Å². The van der Waals surface area contributed by atoms with Gasteiger partial charge in [0.2, 0.25) is 0 Å². The lowest BCUT2D eigenvalue weighted by Gasteiger charge is -2.31. The van der Waals surface area contributed by atoms with Gasteiger partial charge in [0.15, 0.2) is 0 Å². The van der Waals surface area contributed by atoms with Gasteiger partial charge in [-0.05, 0) is 50.4 Å². The minimum absolute atomic E-state index is 0.660. The SMILES string of the molecule is CCC1(CNC(C)C2CCCC2)CCCC1. The van der Waals surface area contributed by atoms with Crippen LogP contribution in [-0.4, -0.2) is 12.6 Å². The molecule has 0 amide bonds. The van der Waals surface area contributed by atoms with Gasteiger partial charge in [0.1, 0.15) is 0 Å². The molecule has 0 saturated heterocycles. The Balaban J connectivity index is 1.76. The molecule has 1 heteroatoms. The molecular weight excluding hydrogens is 194 g/mol. The molecular formula is C15H29N. The summed E-state index contributed by atoms with van der Waals surface area (Å²) in [7, 11) is 0. The maximum atomic E-state index is 3.86. The van der Waals surface area contributed by atoms with Crippen molar-refractivity contribution in [2.75, 3.05) is 6.54 Å². The van der Waals surface area contributed by atoms with E-state index in [1.807, 2.05) is 0 Å². The van der Waals surface area contributed by atoms with Crippen LogP contribution in [0.3, 0.4) is 0 Å². The molecule has 0 heterocycles. The minimum Gasteiger partial charge on any atom is -0.313 e. The van der Waals surface area contributed by atoms with E-state index >= 15 is 0 Å². The second-order valence-corrected chi connectivity index (χ2v) is 6.27. The lowest BCUT2D eigenvalue weighted by molar-refractivity contribution is 0.240. The first-order valence-electron chi connectivity index (χ1n) is 7.49. The standard InChI is InChI=1S/C15H29N/c1-3-15(10-6-7-11-15)12-16-13(2)14-8-4-5-9-14/h13-14,16H,3-12H2,1-2H3. The zero-order valence-corrected chi connectivity index (χ0v) is 11.2. The first-order valence-corrected chi connectivity index (χ1v) is 7.49. The van der Waals surface area contributed by atoms with Gasteiger partial charge in [-0.1, -0.05) is 32.6 Å². The molecule has 2 saturated carbocycles. The van der Waals surface area contributed by atoms with Crippen molar-refractivity contribution in [2.45, 2.75) is 77.7 Å². The van der Waals surface area contributed by atoms with Crippen LogP contribution < -0.4 is 5.32 Å². The van der Waals surface area contributed by atoms with Crippen molar-refractivity contribution in [3.63, 3.8) is 0 Å². The summed E-state index contributed by atoms with van der Waals surface area (Å²) in [5, 5.41) is 3.86. The van der Waals surface area contributed by atoms with E-state index in [1.165, 1.54) is 64.3 Å². The fraction of sp³-hybridized carbons (Fsp3) is 1.00. The Morgan fingerprint density at radius 2 is 1.75 bits per heavy atom. The molecule has 0 aliphatic heterocycles. The van der Waals surface area contributed by atoms with Crippen LogP contribution in [0.4, 0.5) is 0 Å². The van der Waals surface area contributed by atoms with E-state index in [4.69, 9.17) is 0 Å². The van der Waals surface area contributed by atoms with Gasteiger partial charge in [-0.15, -0.1) is 0 Å². The molecule has 0 spiro atoms. The van der Waals surface area contributed by atoms with Crippen molar-refractivity contribution in [1.29, 1.82) is 0 Å². The summed E-state index contributed by atoms with van der Waals surface area (Å²) in [5.74, 6) is 0.968. The number of rotatable bonds is 5. The molecule has 1 N–H and O–H groups in total. The van der Waals surface area contributed by atoms with E-state index in [1.54, 1.807) is 0 Å². The van der Waals surface area contributed by atoms with Gasteiger partial charge in [-0.2, -0.15) is 0 Å². The maximum absolute atomic E-state index is 3.86. The van der Waals surface area contributed by atoms with Crippen LogP contribution in [0, 0.1) is 11.3 Å². The maximum Gasteiger partial charge on any atom is 0.00672 e. The smallest absolute Gasteiger partial charge is 0.00672 e. The highest BCUT2D eigenvalue weighted by molar-refractivity contribution is 4.87.